The number of carbonyl (C=O) groups is 7. The monoisotopic (exact) mass is 636 g/mol. The minimum Gasteiger partial charge on any atom is -0.463 e. The highest BCUT2D eigenvalue weighted by Gasteiger charge is 2.57. The summed E-state index contributed by atoms with van der Waals surface area (Å²) >= 11 is 0. The Labute approximate surface area is 251 Å². The van der Waals surface area contributed by atoms with Crippen LogP contribution in [0.3, 0.4) is 0 Å². The van der Waals surface area contributed by atoms with Gasteiger partial charge in [0.05, 0.1) is 0 Å². The van der Waals surface area contributed by atoms with E-state index in [4.69, 9.17) is 47.4 Å². The number of rotatable bonds is 11. The Balaban J connectivity index is 2.66. The minimum atomic E-state index is -1.90. The second-order valence-electron chi connectivity index (χ2n) is 9.68. The lowest BCUT2D eigenvalue weighted by atomic mass is 9.96. The SMILES string of the molecule is CC(=O)OC[C@H]1O[C@@H](O[C@H]2[C@@H](OC(C)=O)[C@H](OC(C)=O)[C@H](O)O[C@@H]2COC(C)=O)[C@H](OC(C)=O)[C@@H](OC(C)=O)[C@H]1OC(C)=O. The van der Waals surface area contributed by atoms with Gasteiger partial charge >= 0.3 is 41.8 Å². The summed E-state index contributed by atoms with van der Waals surface area (Å²) in [5.74, 6) is -6.03. The molecule has 1 N–H and O–H groups in total. The largest absolute Gasteiger partial charge is 0.463 e. The number of esters is 7. The molecule has 2 saturated heterocycles. The van der Waals surface area contributed by atoms with Crippen LogP contribution < -0.4 is 0 Å². The number of aliphatic hydroxyl groups is 1. The van der Waals surface area contributed by atoms with Crippen molar-refractivity contribution in [3.63, 3.8) is 0 Å². The molecule has 0 spiro atoms. The number of aliphatic hydroxyl groups excluding tert-OH is 1. The molecule has 10 atom stereocenters. The maximum absolute atomic E-state index is 12.2. The van der Waals surface area contributed by atoms with E-state index in [9.17, 15) is 38.7 Å². The van der Waals surface area contributed by atoms with E-state index >= 15 is 0 Å². The van der Waals surface area contributed by atoms with Crippen LogP contribution in [0.25, 0.3) is 0 Å². The number of hydrogen-bond donors (Lipinski definition) is 1. The molecule has 0 unspecified atom stereocenters. The molecule has 0 radical (unpaired) electrons. The molecule has 0 amide bonds. The number of carbonyl (C=O) groups excluding carboxylic acids is 7. The van der Waals surface area contributed by atoms with Crippen molar-refractivity contribution in [2.24, 2.45) is 0 Å². The first-order valence-corrected chi connectivity index (χ1v) is 13.3. The van der Waals surface area contributed by atoms with Crippen LogP contribution in [-0.2, 0) is 80.9 Å². The van der Waals surface area contributed by atoms with Crippen molar-refractivity contribution in [1.29, 1.82) is 0 Å². The Morgan fingerprint density at radius 1 is 0.477 bits per heavy atom. The Bertz CT molecular complexity index is 1090. The lowest BCUT2D eigenvalue weighted by Crippen LogP contribution is -2.67. The molecule has 18 heteroatoms. The van der Waals surface area contributed by atoms with Crippen molar-refractivity contribution in [2.45, 2.75) is 110 Å². The van der Waals surface area contributed by atoms with Crippen LogP contribution in [0, 0.1) is 0 Å². The number of ether oxygens (including phenoxy) is 10. The van der Waals surface area contributed by atoms with Crippen LogP contribution in [0.4, 0.5) is 0 Å². The first kappa shape index (κ1) is 36.3. The van der Waals surface area contributed by atoms with E-state index in [1.807, 2.05) is 0 Å². The zero-order chi connectivity index (χ0) is 33.3. The Morgan fingerprint density at radius 3 is 1.27 bits per heavy atom. The summed E-state index contributed by atoms with van der Waals surface area (Å²) in [6.45, 7) is 6.11. The average Bonchev–Trinajstić information content (AvgIpc) is 2.87. The summed E-state index contributed by atoms with van der Waals surface area (Å²) < 4.78 is 54.1. The van der Waals surface area contributed by atoms with Crippen LogP contribution in [0.1, 0.15) is 48.5 Å². The minimum absolute atomic E-state index is 0.572. The summed E-state index contributed by atoms with van der Waals surface area (Å²) in [4.78, 5) is 83.5. The molecule has 0 saturated carbocycles. The van der Waals surface area contributed by atoms with Gasteiger partial charge in [-0.05, 0) is 0 Å². The van der Waals surface area contributed by atoms with Gasteiger partial charge < -0.3 is 52.5 Å². The topological polar surface area (TPSA) is 232 Å². The van der Waals surface area contributed by atoms with E-state index in [1.54, 1.807) is 0 Å². The van der Waals surface area contributed by atoms with Crippen LogP contribution in [0.2, 0.25) is 0 Å². The van der Waals surface area contributed by atoms with E-state index in [0.29, 0.717) is 0 Å². The first-order valence-electron chi connectivity index (χ1n) is 13.3. The maximum atomic E-state index is 12.2. The van der Waals surface area contributed by atoms with Crippen LogP contribution in [0.5, 0.6) is 0 Å². The second-order valence-corrected chi connectivity index (χ2v) is 9.68. The Kier molecular flexibility index (Phi) is 13.4. The lowest BCUT2D eigenvalue weighted by Gasteiger charge is -2.48. The summed E-state index contributed by atoms with van der Waals surface area (Å²) in [7, 11) is 0. The van der Waals surface area contributed by atoms with Crippen molar-refractivity contribution in [3.05, 3.63) is 0 Å². The van der Waals surface area contributed by atoms with Crippen LogP contribution in [-0.4, -0.2) is 122 Å². The van der Waals surface area contributed by atoms with Crippen molar-refractivity contribution in [3.8, 4) is 0 Å². The molecule has 248 valence electrons. The van der Waals surface area contributed by atoms with Crippen molar-refractivity contribution in [1.82, 2.24) is 0 Å². The van der Waals surface area contributed by atoms with Gasteiger partial charge in [-0.3, -0.25) is 33.6 Å². The van der Waals surface area contributed by atoms with Gasteiger partial charge in [0, 0.05) is 48.5 Å². The fraction of sp³-hybridized carbons (Fsp3) is 0.731. The third-order valence-electron chi connectivity index (χ3n) is 5.90. The van der Waals surface area contributed by atoms with Gasteiger partial charge in [0.25, 0.3) is 0 Å². The summed E-state index contributed by atoms with van der Waals surface area (Å²) in [6, 6.07) is 0. The first-order chi connectivity index (χ1) is 20.5. The molecular weight excluding hydrogens is 600 g/mol. The smallest absolute Gasteiger partial charge is 0.303 e. The van der Waals surface area contributed by atoms with Crippen LogP contribution >= 0.6 is 0 Å². The standard InChI is InChI=1S/C26H36O18/c1-10(27)35-8-17-20(21(38-13(4)30)23(25(34)42-17)40-15(6)32)44-26-24(41-16(7)33)22(39-14(5)31)19(37-12(3)29)18(43-26)9-36-11(2)28/h17-26,34H,8-9H2,1-7H3/t17-,18-,19+,20-,21-,22+,23+,24-,25-,26+/m1/s1. The summed E-state index contributed by atoms with van der Waals surface area (Å²) in [5.41, 5.74) is 0. The van der Waals surface area contributed by atoms with Gasteiger partial charge in [0.15, 0.2) is 43.1 Å². The predicted molar refractivity (Wildman–Crippen MR) is 135 cm³/mol. The van der Waals surface area contributed by atoms with Crippen molar-refractivity contribution in [2.75, 3.05) is 13.2 Å². The van der Waals surface area contributed by atoms with E-state index in [1.165, 1.54) is 0 Å². The molecule has 0 aromatic heterocycles. The third-order valence-corrected chi connectivity index (χ3v) is 5.90. The fourth-order valence-electron chi connectivity index (χ4n) is 4.49. The third kappa shape index (κ3) is 10.7. The van der Waals surface area contributed by atoms with E-state index in [-0.39, 0.29) is 0 Å². The van der Waals surface area contributed by atoms with Gasteiger partial charge in [-0.2, -0.15) is 0 Å². The molecule has 44 heavy (non-hydrogen) atoms. The van der Waals surface area contributed by atoms with Gasteiger partial charge in [-0.25, -0.2) is 0 Å². The predicted octanol–water partition coefficient (Wildman–Crippen LogP) is -1.40. The summed E-state index contributed by atoms with van der Waals surface area (Å²) in [5, 5.41) is 10.6. The highest BCUT2D eigenvalue weighted by atomic mass is 16.8. The molecule has 2 rings (SSSR count). The molecule has 0 aromatic rings. The zero-order valence-electron chi connectivity index (χ0n) is 25.1. The average molecular weight is 637 g/mol. The molecular formula is C26H36O18. The Hall–Kier alpha value is -3.87. The van der Waals surface area contributed by atoms with Crippen molar-refractivity contribution < 1.29 is 86.0 Å². The Morgan fingerprint density at radius 2 is 0.841 bits per heavy atom. The second kappa shape index (κ2) is 16.3. The molecule has 2 fully saturated rings. The van der Waals surface area contributed by atoms with Gasteiger partial charge in [-0.1, -0.05) is 0 Å². The van der Waals surface area contributed by atoms with Gasteiger partial charge in [0.1, 0.15) is 31.5 Å². The van der Waals surface area contributed by atoms with E-state index < -0.39 is 116 Å². The maximum Gasteiger partial charge on any atom is 0.303 e. The molecule has 0 aliphatic carbocycles. The molecule has 2 aliphatic rings. The summed E-state index contributed by atoms with van der Waals surface area (Å²) in [6.07, 6.45) is -16.3. The lowest BCUT2D eigenvalue weighted by molar-refractivity contribution is -0.357. The zero-order valence-corrected chi connectivity index (χ0v) is 25.1. The van der Waals surface area contributed by atoms with E-state index in [2.05, 4.69) is 0 Å². The quantitative estimate of drug-likeness (QED) is 0.203. The normalized spacial score (nSPS) is 31.5. The van der Waals surface area contributed by atoms with E-state index in [0.717, 1.165) is 48.5 Å². The molecule has 0 bridgehead atoms. The molecule has 0 aromatic carbocycles. The molecule has 18 nitrogen and oxygen atoms in total. The molecule has 2 heterocycles. The van der Waals surface area contributed by atoms with Crippen LogP contribution in [0.15, 0.2) is 0 Å². The van der Waals surface area contributed by atoms with Gasteiger partial charge in [0.2, 0.25) is 0 Å². The fourth-order valence-corrected chi connectivity index (χ4v) is 4.49. The highest BCUT2D eigenvalue weighted by molar-refractivity contribution is 5.69. The number of hydrogen-bond acceptors (Lipinski definition) is 18. The highest BCUT2D eigenvalue weighted by Crippen LogP contribution is 2.34. The van der Waals surface area contributed by atoms with Gasteiger partial charge in [-0.15, -0.1) is 0 Å². The molecule has 2 aliphatic heterocycles. The van der Waals surface area contributed by atoms with Crippen molar-refractivity contribution >= 4 is 41.8 Å².